The second-order valence-electron chi connectivity index (χ2n) is 3.06. The van der Waals surface area contributed by atoms with Crippen LogP contribution in [0.1, 0.15) is 19.3 Å². The quantitative estimate of drug-likeness (QED) is 0.611. The molecule has 2 nitrogen and oxygen atoms in total. The fraction of sp³-hybridized carbons (Fsp3) is 0.875. The molecule has 0 amide bonds. The first-order valence-corrected chi connectivity index (χ1v) is 4.10. The van der Waals surface area contributed by atoms with Crippen LogP contribution in [-0.2, 0) is 0 Å². The summed E-state index contributed by atoms with van der Waals surface area (Å²) in [5.74, 6) is 0. The SMILES string of the molecule is [CH2]CCN1CCCC(N)C1. The summed E-state index contributed by atoms with van der Waals surface area (Å²) in [4.78, 5) is 2.40. The lowest BCUT2D eigenvalue weighted by molar-refractivity contribution is 0.212. The molecular formula is C8H17N2. The van der Waals surface area contributed by atoms with E-state index >= 15 is 0 Å². The lowest BCUT2D eigenvalue weighted by Gasteiger charge is -2.30. The fourth-order valence-electron chi connectivity index (χ4n) is 1.52. The van der Waals surface area contributed by atoms with Crippen molar-refractivity contribution in [2.24, 2.45) is 5.73 Å². The van der Waals surface area contributed by atoms with Crippen molar-refractivity contribution in [1.29, 1.82) is 0 Å². The predicted octanol–water partition coefficient (Wildman–Crippen LogP) is 0.634. The van der Waals surface area contributed by atoms with Crippen LogP contribution < -0.4 is 5.73 Å². The summed E-state index contributed by atoms with van der Waals surface area (Å²) in [6, 6.07) is 0.417. The molecule has 1 aliphatic rings. The molecular weight excluding hydrogens is 124 g/mol. The number of likely N-dealkylation sites (tertiary alicyclic amines) is 1. The van der Waals surface area contributed by atoms with Gasteiger partial charge in [0.15, 0.2) is 0 Å². The molecule has 10 heavy (non-hydrogen) atoms. The highest BCUT2D eigenvalue weighted by atomic mass is 15.1. The van der Waals surface area contributed by atoms with Crippen molar-refractivity contribution in [3.05, 3.63) is 6.92 Å². The first-order valence-electron chi connectivity index (χ1n) is 4.10. The van der Waals surface area contributed by atoms with Gasteiger partial charge in [0.2, 0.25) is 0 Å². The molecule has 0 aromatic rings. The van der Waals surface area contributed by atoms with Crippen molar-refractivity contribution >= 4 is 0 Å². The molecule has 1 radical (unpaired) electrons. The average molecular weight is 141 g/mol. The van der Waals surface area contributed by atoms with Gasteiger partial charge in [-0.3, -0.25) is 0 Å². The molecule has 1 atom stereocenters. The number of rotatable bonds is 2. The highest BCUT2D eigenvalue weighted by molar-refractivity contribution is 4.74. The molecule has 1 heterocycles. The molecule has 0 aromatic carbocycles. The van der Waals surface area contributed by atoms with Gasteiger partial charge in [0.05, 0.1) is 0 Å². The number of hydrogen-bond acceptors (Lipinski definition) is 2. The van der Waals surface area contributed by atoms with E-state index in [-0.39, 0.29) is 0 Å². The van der Waals surface area contributed by atoms with Gasteiger partial charge in [-0.2, -0.15) is 0 Å². The topological polar surface area (TPSA) is 29.3 Å². The molecule has 2 heteroatoms. The van der Waals surface area contributed by atoms with Crippen molar-refractivity contribution in [2.45, 2.75) is 25.3 Å². The van der Waals surface area contributed by atoms with E-state index in [0.717, 1.165) is 19.5 Å². The van der Waals surface area contributed by atoms with Gasteiger partial charge in [0, 0.05) is 12.6 Å². The Morgan fingerprint density at radius 3 is 3.00 bits per heavy atom. The third-order valence-corrected chi connectivity index (χ3v) is 2.02. The summed E-state index contributed by atoms with van der Waals surface area (Å²) >= 11 is 0. The van der Waals surface area contributed by atoms with E-state index in [4.69, 9.17) is 5.73 Å². The van der Waals surface area contributed by atoms with Gasteiger partial charge in [-0.15, -0.1) is 0 Å². The maximum absolute atomic E-state index is 5.79. The Hall–Kier alpha value is -0.0800. The Bertz CT molecular complexity index is 91.3. The lowest BCUT2D eigenvalue weighted by Crippen LogP contribution is -2.42. The fourth-order valence-corrected chi connectivity index (χ4v) is 1.52. The van der Waals surface area contributed by atoms with Crippen LogP contribution in [0.3, 0.4) is 0 Å². The van der Waals surface area contributed by atoms with E-state index in [1.54, 1.807) is 0 Å². The zero-order valence-corrected chi connectivity index (χ0v) is 6.55. The van der Waals surface area contributed by atoms with Crippen LogP contribution in [0.5, 0.6) is 0 Å². The second-order valence-corrected chi connectivity index (χ2v) is 3.06. The molecule has 1 aliphatic heterocycles. The highest BCUT2D eigenvalue weighted by Crippen LogP contribution is 2.07. The molecule has 1 fully saturated rings. The number of nitrogens with two attached hydrogens (primary N) is 1. The zero-order valence-electron chi connectivity index (χ0n) is 6.55. The average Bonchev–Trinajstić information content (AvgIpc) is 1.88. The summed E-state index contributed by atoms with van der Waals surface area (Å²) in [5.41, 5.74) is 5.79. The lowest BCUT2D eigenvalue weighted by atomic mass is 10.1. The smallest absolute Gasteiger partial charge is 0.0168 e. The van der Waals surface area contributed by atoms with Gasteiger partial charge in [-0.05, 0) is 32.4 Å². The Kier molecular flexibility index (Phi) is 3.16. The van der Waals surface area contributed by atoms with Crippen molar-refractivity contribution < 1.29 is 0 Å². The highest BCUT2D eigenvalue weighted by Gasteiger charge is 2.14. The largest absolute Gasteiger partial charge is 0.327 e. The van der Waals surface area contributed by atoms with Crippen molar-refractivity contribution in [3.8, 4) is 0 Å². The second kappa shape index (κ2) is 3.94. The van der Waals surface area contributed by atoms with E-state index in [1.165, 1.54) is 19.4 Å². The molecule has 59 valence electrons. The molecule has 1 saturated heterocycles. The zero-order chi connectivity index (χ0) is 7.40. The number of hydrogen-bond donors (Lipinski definition) is 1. The minimum Gasteiger partial charge on any atom is -0.327 e. The van der Waals surface area contributed by atoms with Crippen molar-refractivity contribution in [2.75, 3.05) is 19.6 Å². The maximum Gasteiger partial charge on any atom is 0.0168 e. The monoisotopic (exact) mass is 141 g/mol. The van der Waals surface area contributed by atoms with Gasteiger partial charge < -0.3 is 10.6 Å². The van der Waals surface area contributed by atoms with Crippen molar-refractivity contribution in [1.82, 2.24) is 4.90 Å². The molecule has 1 unspecified atom stereocenters. The number of nitrogens with zero attached hydrogens (tertiary/aromatic N) is 1. The van der Waals surface area contributed by atoms with Crippen LogP contribution in [0.4, 0.5) is 0 Å². The molecule has 0 saturated carbocycles. The minimum atomic E-state index is 0.417. The molecule has 1 rings (SSSR count). The Labute approximate surface area is 63.4 Å². The van der Waals surface area contributed by atoms with E-state index in [0.29, 0.717) is 6.04 Å². The Balaban J connectivity index is 2.18. The Morgan fingerprint density at radius 2 is 2.40 bits per heavy atom. The van der Waals surface area contributed by atoms with Crippen LogP contribution in [0.25, 0.3) is 0 Å². The normalized spacial score (nSPS) is 28.8. The summed E-state index contributed by atoms with van der Waals surface area (Å²) in [7, 11) is 0. The van der Waals surface area contributed by atoms with Gasteiger partial charge in [-0.1, -0.05) is 6.92 Å². The predicted molar refractivity (Wildman–Crippen MR) is 43.6 cm³/mol. The van der Waals surface area contributed by atoms with E-state index in [2.05, 4.69) is 11.8 Å². The molecule has 0 aliphatic carbocycles. The molecule has 0 spiro atoms. The van der Waals surface area contributed by atoms with E-state index in [1.807, 2.05) is 0 Å². The van der Waals surface area contributed by atoms with Gasteiger partial charge >= 0.3 is 0 Å². The number of piperidine rings is 1. The van der Waals surface area contributed by atoms with Crippen molar-refractivity contribution in [3.63, 3.8) is 0 Å². The van der Waals surface area contributed by atoms with Crippen LogP contribution >= 0.6 is 0 Å². The van der Waals surface area contributed by atoms with Crippen LogP contribution in [0.15, 0.2) is 0 Å². The van der Waals surface area contributed by atoms with Gasteiger partial charge in [0.1, 0.15) is 0 Å². The van der Waals surface area contributed by atoms with Crippen LogP contribution in [0.2, 0.25) is 0 Å². The standard InChI is InChI=1S/C8H17N2/c1-2-5-10-6-3-4-8(9)7-10/h8H,1-7,9H2. The first-order chi connectivity index (χ1) is 4.83. The Morgan fingerprint density at radius 1 is 1.60 bits per heavy atom. The first kappa shape index (κ1) is 8.02. The summed E-state index contributed by atoms with van der Waals surface area (Å²) < 4.78 is 0. The third-order valence-electron chi connectivity index (χ3n) is 2.02. The minimum absolute atomic E-state index is 0.417. The molecule has 0 aromatic heterocycles. The van der Waals surface area contributed by atoms with E-state index in [9.17, 15) is 0 Å². The molecule has 0 bridgehead atoms. The summed E-state index contributed by atoms with van der Waals surface area (Å²) in [6.07, 6.45) is 3.47. The van der Waals surface area contributed by atoms with Crippen LogP contribution in [-0.4, -0.2) is 30.6 Å². The third kappa shape index (κ3) is 2.27. The summed E-state index contributed by atoms with van der Waals surface area (Å²) in [6.45, 7) is 7.25. The van der Waals surface area contributed by atoms with E-state index < -0.39 is 0 Å². The molecule has 2 N–H and O–H groups in total. The van der Waals surface area contributed by atoms with Gasteiger partial charge in [-0.25, -0.2) is 0 Å². The maximum atomic E-state index is 5.79. The summed E-state index contributed by atoms with van der Waals surface area (Å²) in [5, 5.41) is 0. The van der Waals surface area contributed by atoms with Gasteiger partial charge in [0.25, 0.3) is 0 Å². The van der Waals surface area contributed by atoms with Crippen LogP contribution in [0, 0.1) is 6.92 Å².